The molecule has 2 rings (SSSR count). The highest BCUT2D eigenvalue weighted by atomic mass is 35.5. The van der Waals surface area contributed by atoms with Crippen molar-refractivity contribution < 1.29 is 4.79 Å². The number of halogens is 1. The number of carbonyl (C=O) groups excluding carboxylic acids is 1. The lowest BCUT2D eigenvalue weighted by Crippen LogP contribution is -2.37. The Labute approximate surface area is 122 Å². The Balaban J connectivity index is 2.19. The lowest BCUT2D eigenvalue weighted by molar-refractivity contribution is 0.0742. The highest BCUT2D eigenvalue weighted by Crippen LogP contribution is 2.24. The van der Waals surface area contributed by atoms with Crippen LogP contribution in [0.15, 0.2) is 12.1 Å². The van der Waals surface area contributed by atoms with Gasteiger partial charge >= 0.3 is 0 Å². The fourth-order valence-electron chi connectivity index (χ4n) is 2.03. The van der Waals surface area contributed by atoms with Crippen molar-refractivity contribution in [3.05, 3.63) is 22.8 Å². The second-order valence-corrected chi connectivity index (χ2v) is 6.05. The van der Waals surface area contributed by atoms with Crippen LogP contribution >= 0.6 is 23.4 Å². The summed E-state index contributed by atoms with van der Waals surface area (Å²) in [6, 6.07) is 3.79. The maximum atomic E-state index is 12.5. The number of hydrogen-bond donors (Lipinski definition) is 1. The largest absolute Gasteiger partial charge is 0.370 e. The predicted molar refractivity (Wildman–Crippen MR) is 81.2 cm³/mol. The first kappa shape index (κ1) is 14.5. The number of rotatable bonds is 4. The van der Waals surface area contributed by atoms with E-state index in [9.17, 15) is 4.79 Å². The Bertz CT molecular complexity index is 463. The molecular weight excluding hydrogens is 282 g/mol. The van der Waals surface area contributed by atoms with Crippen molar-refractivity contribution in [3.63, 3.8) is 0 Å². The number of thioether (sulfide) groups is 1. The van der Waals surface area contributed by atoms with E-state index in [4.69, 9.17) is 11.6 Å². The molecule has 1 fully saturated rings. The molecule has 1 N–H and O–H groups in total. The number of pyridine rings is 1. The van der Waals surface area contributed by atoms with Crippen molar-refractivity contribution >= 4 is 35.1 Å². The molecule has 1 atom stereocenters. The minimum Gasteiger partial charge on any atom is -0.370 e. The first-order valence-corrected chi connectivity index (χ1v) is 7.92. The zero-order chi connectivity index (χ0) is 13.8. The molecule has 0 aliphatic carbocycles. The molecule has 1 amide bonds. The minimum absolute atomic E-state index is 0.0998. The Morgan fingerprint density at radius 1 is 1.63 bits per heavy atom. The third kappa shape index (κ3) is 3.34. The van der Waals surface area contributed by atoms with Gasteiger partial charge < -0.3 is 10.2 Å². The molecule has 0 radical (unpaired) electrons. The Morgan fingerprint density at radius 2 is 2.42 bits per heavy atom. The molecule has 104 valence electrons. The van der Waals surface area contributed by atoms with Crippen molar-refractivity contribution in [2.45, 2.75) is 19.4 Å². The van der Waals surface area contributed by atoms with Gasteiger partial charge in [0.15, 0.2) is 0 Å². The number of anilines is 1. The molecule has 1 saturated heterocycles. The van der Waals surface area contributed by atoms with Gasteiger partial charge in [-0.1, -0.05) is 11.6 Å². The summed E-state index contributed by atoms with van der Waals surface area (Å²) in [6.45, 7) is 2.75. The van der Waals surface area contributed by atoms with Crippen molar-refractivity contribution in [1.82, 2.24) is 9.88 Å². The van der Waals surface area contributed by atoms with Crippen LogP contribution in [0.3, 0.4) is 0 Å². The van der Waals surface area contributed by atoms with Crippen molar-refractivity contribution in [3.8, 4) is 0 Å². The van der Waals surface area contributed by atoms with E-state index in [0.29, 0.717) is 16.5 Å². The van der Waals surface area contributed by atoms with E-state index in [1.54, 1.807) is 17.0 Å². The molecule has 0 spiro atoms. The first-order chi connectivity index (χ1) is 9.13. The molecule has 19 heavy (non-hydrogen) atoms. The van der Waals surface area contributed by atoms with E-state index in [2.05, 4.69) is 10.3 Å². The highest BCUT2D eigenvalue weighted by Gasteiger charge is 2.26. The van der Waals surface area contributed by atoms with Crippen molar-refractivity contribution in [2.24, 2.45) is 0 Å². The Hall–Kier alpha value is -0.940. The normalized spacial score (nSPS) is 18.4. The summed E-state index contributed by atoms with van der Waals surface area (Å²) in [5.74, 6) is 2.69. The molecule has 1 aromatic heterocycles. The Kier molecular flexibility index (Phi) is 4.93. The van der Waals surface area contributed by atoms with Gasteiger partial charge in [-0.05, 0) is 31.2 Å². The maximum absolute atomic E-state index is 12.5. The Morgan fingerprint density at radius 3 is 3.05 bits per heavy atom. The summed E-state index contributed by atoms with van der Waals surface area (Å²) >= 11 is 7.98. The van der Waals surface area contributed by atoms with Gasteiger partial charge in [-0.25, -0.2) is 4.98 Å². The zero-order valence-electron chi connectivity index (χ0n) is 11.1. The fourth-order valence-corrected chi connectivity index (χ4v) is 3.49. The first-order valence-electron chi connectivity index (χ1n) is 6.38. The third-order valence-corrected chi connectivity index (χ3v) is 4.63. The number of nitrogens with zero attached hydrogens (tertiary/aromatic N) is 2. The van der Waals surface area contributed by atoms with Gasteiger partial charge in [0, 0.05) is 25.4 Å². The highest BCUT2D eigenvalue weighted by molar-refractivity contribution is 7.99. The van der Waals surface area contributed by atoms with Crippen LogP contribution in [0.4, 0.5) is 5.82 Å². The molecule has 4 nitrogen and oxygen atoms in total. The topological polar surface area (TPSA) is 45.2 Å². The molecule has 6 heteroatoms. The summed E-state index contributed by atoms with van der Waals surface area (Å²) in [5, 5.41) is 3.50. The van der Waals surface area contributed by atoms with Gasteiger partial charge in [0.05, 0.1) is 5.02 Å². The number of nitrogens with one attached hydrogen (secondary N) is 1. The lowest BCUT2D eigenvalue weighted by atomic mass is 10.2. The minimum atomic E-state index is -0.0998. The van der Waals surface area contributed by atoms with E-state index in [-0.39, 0.29) is 11.9 Å². The predicted octanol–water partition coefficient (Wildman–Crippen LogP) is 2.74. The molecular formula is C13H18ClN3OS. The van der Waals surface area contributed by atoms with Crippen LogP contribution in [-0.4, -0.2) is 46.9 Å². The SMILES string of the molecule is CCNc1ccc(Cl)c(C(=O)N(C)C2CCSC2)n1. The fraction of sp³-hybridized carbons (Fsp3) is 0.538. The van der Waals surface area contributed by atoms with Crippen LogP contribution in [0.2, 0.25) is 5.02 Å². The standard InChI is InChI=1S/C13H18ClN3OS/c1-3-15-11-5-4-10(14)12(16-11)13(18)17(2)9-6-7-19-8-9/h4-5,9H,3,6-8H2,1-2H3,(H,15,16). The summed E-state index contributed by atoms with van der Waals surface area (Å²) in [4.78, 5) is 18.5. The average Bonchev–Trinajstić information content (AvgIpc) is 2.93. The van der Waals surface area contributed by atoms with Crippen LogP contribution in [0, 0.1) is 0 Å². The molecule has 2 heterocycles. The van der Waals surface area contributed by atoms with Crippen LogP contribution in [0.1, 0.15) is 23.8 Å². The smallest absolute Gasteiger partial charge is 0.274 e. The van der Waals surface area contributed by atoms with E-state index >= 15 is 0 Å². The van der Waals surface area contributed by atoms with Gasteiger partial charge in [0.25, 0.3) is 5.91 Å². The van der Waals surface area contributed by atoms with E-state index in [1.165, 1.54) is 0 Å². The van der Waals surface area contributed by atoms with E-state index in [1.807, 2.05) is 25.7 Å². The van der Waals surface area contributed by atoms with Crippen molar-refractivity contribution in [2.75, 3.05) is 30.4 Å². The van der Waals surface area contributed by atoms with Crippen LogP contribution < -0.4 is 5.32 Å². The van der Waals surface area contributed by atoms with Crippen LogP contribution in [0.25, 0.3) is 0 Å². The quantitative estimate of drug-likeness (QED) is 0.928. The molecule has 1 aliphatic rings. The summed E-state index contributed by atoms with van der Waals surface area (Å²) in [7, 11) is 1.83. The van der Waals surface area contributed by atoms with E-state index < -0.39 is 0 Å². The van der Waals surface area contributed by atoms with Gasteiger partial charge in [-0.2, -0.15) is 11.8 Å². The molecule has 0 saturated carbocycles. The summed E-state index contributed by atoms with van der Waals surface area (Å²) < 4.78 is 0. The number of carbonyl (C=O) groups is 1. The van der Waals surface area contributed by atoms with Gasteiger partial charge in [-0.3, -0.25) is 4.79 Å². The second-order valence-electron chi connectivity index (χ2n) is 4.49. The third-order valence-electron chi connectivity index (χ3n) is 3.18. The summed E-state index contributed by atoms with van der Waals surface area (Å²) in [6.07, 6.45) is 1.04. The maximum Gasteiger partial charge on any atom is 0.274 e. The van der Waals surface area contributed by atoms with Gasteiger partial charge in [-0.15, -0.1) is 0 Å². The summed E-state index contributed by atoms with van der Waals surface area (Å²) in [5.41, 5.74) is 0.333. The van der Waals surface area contributed by atoms with Gasteiger partial charge in [0.1, 0.15) is 11.5 Å². The van der Waals surface area contributed by atoms with E-state index in [0.717, 1.165) is 24.5 Å². The second kappa shape index (κ2) is 6.48. The molecule has 0 bridgehead atoms. The average molecular weight is 300 g/mol. The van der Waals surface area contributed by atoms with Crippen LogP contribution in [0.5, 0.6) is 0 Å². The van der Waals surface area contributed by atoms with Crippen LogP contribution in [-0.2, 0) is 0 Å². The lowest BCUT2D eigenvalue weighted by Gasteiger charge is -2.23. The number of aromatic nitrogens is 1. The van der Waals surface area contributed by atoms with Crippen molar-refractivity contribution in [1.29, 1.82) is 0 Å². The molecule has 1 aromatic rings. The number of hydrogen-bond acceptors (Lipinski definition) is 4. The number of amides is 1. The molecule has 1 aliphatic heterocycles. The zero-order valence-corrected chi connectivity index (χ0v) is 12.7. The monoisotopic (exact) mass is 299 g/mol. The molecule has 0 aromatic carbocycles. The van der Waals surface area contributed by atoms with Gasteiger partial charge in [0.2, 0.25) is 0 Å². The molecule has 1 unspecified atom stereocenters.